The zero-order valence-corrected chi connectivity index (χ0v) is 14.2. The van der Waals surface area contributed by atoms with Crippen LogP contribution in [0.25, 0.3) is 0 Å². The van der Waals surface area contributed by atoms with Crippen LogP contribution in [0.1, 0.15) is 11.1 Å². The fraction of sp³-hybridized carbons (Fsp3) is 0.300. The summed E-state index contributed by atoms with van der Waals surface area (Å²) in [5.74, 6) is 0.115. The van der Waals surface area contributed by atoms with Crippen molar-refractivity contribution >= 4 is 11.6 Å². The van der Waals surface area contributed by atoms with Gasteiger partial charge in [-0.25, -0.2) is 0 Å². The van der Waals surface area contributed by atoms with E-state index in [2.05, 4.69) is 40.6 Å². The summed E-state index contributed by atoms with van der Waals surface area (Å²) in [5, 5.41) is 11.9. The molecule has 0 saturated carbocycles. The molecule has 5 heteroatoms. The third-order valence-electron chi connectivity index (χ3n) is 4.43. The Morgan fingerprint density at radius 3 is 2.32 bits per heavy atom. The van der Waals surface area contributed by atoms with Crippen molar-refractivity contribution in [3.8, 4) is 6.07 Å². The summed E-state index contributed by atoms with van der Waals surface area (Å²) < 4.78 is 0. The molecule has 1 saturated heterocycles. The third kappa shape index (κ3) is 4.82. The quantitative estimate of drug-likeness (QED) is 0.912. The molecule has 0 spiro atoms. The van der Waals surface area contributed by atoms with Gasteiger partial charge in [-0.05, 0) is 29.8 Å². The van der Waals surface area contributed by atoms with Gasteiger partial charge in [-0.3, -0.25) is 9.69 Å². The van der Waals surface area contributed by atoms with Crippen molar-refractivity contribution in [3.05, 3.63) is 65.7 Å². The lowest BCUT2D eigenvalue weighted by atomic mass is 10.2. The molecule has 1 N–H and O–H groups in total. The number of carbonyl (C=O) groups excluding carboxylic acids is 1. The largest absolute Gasteiger partial charge is 0.376 e. The van der Waals surface area contributed by atoms with Gasteiger partial charge >= 0.3 is 0 Å². The second-order valence-electron chi connectivity index (χ2n) is 6.19. The van der Waals surface area contributed by atoms with Crippen LogP contribution in [-0.2, 0) is 11.3 Å². The number of amides is 1. The van der Waals surface area contributed by atoms with Crippen LogP contribution in [0.2, 0.25) is 0 Å². The molecule has 0 bridgehead atoms. The van der Waals surface area contributed by atoms with Gasteiger partial charge in [-0.1, -0.05) is 30.3 Å². The van der Waals surface area contributed by atoms with Gasteiger partial charge in [0.1, 0.15) is 0 Å². The fourth-order valence-electron chi connectivity index (χ4n) is 2.95. The Bertz CT molecular complexity index is 729. The van der Waals surface area contributed by atoms with E-state index in [4.69, 9.17) is 5.26 Å². The summed E-state index contributed by atoms with van der Waals surface area (Å²) in [6.07, 6.45) is 0. The van der Waals surface area contributed by atoms with Gasteiger partial charge in [-0.15, -0.1) is 0 Å². The topological polar surface area (TPSA) is 59.4 Å². The Hall–Kier alpha value is -2.84. The number of rotatable bonds is 5. The van der Waals surface area contributed by atoms with Gasteiger partial charge in [0.25, 0.3) is 0 Å². The predicted molar refractivity (Wildman–Crippen MR) is 97.9 cm³/mol. The van der Waals surface area contributed by atoms with Crippen LogP contribution in [0.5, 0.6) is 0 Å². The maximum atomic E-state index is 12.4. The van der Waals surface area contributed by atoms with E-state index in [9.17, 15) is 4.79 Å². The average molecular weight is 334 g/mol. The molecule has 3 rings (SSSR count). The Kier molecular flexibility index (Phi) is 5.65. The average Bonchev–Trinajstić information content (AvgIpc) is 2.68. The highest BCUT2D eigenvalue weighted by atomic mass is 16.2. The molecule has 1 fully saturated rings. The first-order chi connectivity index (χ1) is 12.2. The first-order valence-corrected chi connectivity index (χ1v) is 8.53. The van der Waals surface area contributed by atoms with Crippen LogP contribution in [0, 0.1) is 11.3 Å². The number of anilines is 1. The number of nitriles is 1. The molecule has 5 nitrogen and oxygen atoms in total. The monoisotopic (exact) mass is 334 g/mol. The molecule has 1 aliphatic heterocycles. The van der Waals surface area contributed by atoms with E-state index >= 15 is 0 Å². The van der Waals surface area contributed by atoms with Gasteiger partial charge in [0.05, 0.1) is 18.2 Å². The van der Waals surface area contributed by atoms with Gasteiger partial charge in [0, 0.05) is 38.4 Å². The lowest BCUT2D eigenvalue weighted by Crippen LogP contribution is -2.49. The highest BCUT2D eigenvalue weighted by molar-refractivity contribution is 5.81. The molecular formula is C20H22N4O. The highest BCUT2D eigenvalue weighted by Crippen LogP contribution is 2.10. The summed E-state index contributed by atoms with van der Waals surface area (Å²) in [7, 11) is 0. The van der Waals surface area contributed by atoms with Gasteiger partial charge < -0.3 is 10.2 Å². The molecule has 0 aromatic heterocycles. The van der Waals surface area contributed by atoms with E-state index < -0.39 is 0 Å². The SMILES string of the molecule is N#Cc1ccc(NCC(=O)N2CCN(Cc3ccccc3)CC2)cc1. The van der Waals surface area contributed by atoms with Crippen LogP contribution >= 0.6 is 0 Å². The predicted octanol–water partition coefficient (Wildman–Crippen LogP) is 2.31. The van der Waals surface area contributed by atoms with Gasteiger partial charge in [0.2, 0.25) is 5.91 Å². The molecule has 1 aliphatic rings. The Morgan fingerprint density at radius 1 is 1.00 bits per heavy atom. The normalized spacial score (nSPS) is 14.8. The van der Waals surface area contributed by atoms with E-state index in [1.165, 1.54) is 5.56 Å². The van der Waals surface area contributed by atoms with Crippen molar-refractivity contribution in [2.75, 3.05) is 38.0 Å². The molecule has 25 heavy (non-hydrogen) atoms. The molecule has 128 valence electrons. The second kappa shape index (κ2) is 8.32. The summed E-state index contributed by atoms with van der Waals surface area (Å²) in [5.41, 5.74) is 2.78. The Morgan fingerprint density at radius 2 is 1.68 bits per heavy atom. The maximum Gasteiger partial charge on any atom is 0.241 e. The number of piperazine rings is 1. The molecule has 0 aliphatic carbocycles. The van der Waals surface area contributed by atoms with Crippen molar-refractivity contribution in [2.45, 2.75) is 6.54 Å². The van der Waals surface area contributed by atoms with Crippen LogP contribution in [0.4, 0.5) is 5.69 Å². The molecule has 1 amide bonds. The zero-order valence-electron chi connectivity index (χ0n) is 14.2. The molecular weight excluding hydrogens is 312 g/mol. The zero-order chi connectivity index (χ0) is 17.5. The van der Waals surface area contributed by atoms with Crippen LogP contribution in [0.3, 0.4) is 0 Å². The van der Waals surface area contributed by atoms with Crippen LogP contribution in [0.15, 0.2) is 54.6 Å². The van der Waals surface area contributed by atoms with Gasteiger partial charge in [-0.2, -0.15) is 5.26 Å². The number of carbonyl (C=O) groups is 1. The van der Waals surface area contributed by atoms with Crippen LogP contribution < -0.4 is 5.32 Å². The lowest BCUT2D eigenvalue weighted by Gasteiger charge is -2.34. The Labute approximate surface area is 148 Å². The van der Waals surface area contributed by atoms with Crippen molar-refractivity contribution in [2.24, 2.45) is 0 Å². The standard InChI is InChI=1S/C20H22N4O/c21-14-17-6-8-19(9-7-17)22-15-20(25)24-12-10-23(11-13-24)16-18-4-2-1-3-5-18/h1-9,22H,10-13,15-16H2. The molecule has 1 heterocycles. The molecule has 2 aromatic carbocycles. The molecule has 0 atom stereocenters. The summed E-state index contributed by atoms with van der Waals surface area (Å²) in [6.45, 7) is 4.55. The smallest absolute Gasteiger partial charge is 0.241 e. The first-order valence-electron chi connectivity index (χ1n) is 8.53. The second-order valence-corrected chi connectivity index (χ2v) is 6.19. The fourth-order valence-corrected chi connectivity index (χ4v) is 2.95. The molecule has 0 radical (unpaired) electrons. The number of nitrogens with zero attached hydrogens (tertiary/aromatic N) is 3. The lowest BCUT2D eigenvalue weighted by molar-refractivity contribution is -0.131. The number of nitrogens with one attached hydrogen (secondary N) is 1. The summed E-state index contributed by atoms with van der Waals surface area (Å²) in [6, 6.07) is 19.6. The highest BCUT2D eigenvalue weighted by Gasteiger charge is 2.20. The minimum atomic E-state index is 0.115. The first kappa shape index (κ1) is 17.0. The van der Waals surface area contributed by atoms with Crippen molar-refractivity contribution in [1.29, 1.82) is 5.26 Å². The van der Waals surface area contributed by atoms with E-state index in [0.29, 0.717) is 5.56 Å². The summed E-state index contributed by atoms with van der Waals surface area (Å²) in [4.78, 5) is 16.6. The minimum Gasteiger partial charge on any atom is -0.376 e. The summed E-state index contributed by atoms with van der Waals surface area (Å²) >= 11 is 0. The van der Waals surface area contributed by atoms with E-state index in [0.717, 1.165) is 38.4 Å². The molecule has 0 unspecified atom stereocenters. The van der Waals surface area contributed by atoms with Crippen LogP contribution in [-0.4, -0.2) is 48.4 Å². The van der Waals surface area contributed by atoms with E-state index in [1.54, 1.807) is 12.1 Å². The van der Waals surface area contributed by atoms with E-state index in [1.807, 2.05) is 23.1 Å². The minimum absolute atomic E-state index is 0.115. The molecule has 2 aromatic rings. The van der Waals surface area contributed by atoms with Crippen molar-refractivity contribution in [3.63, 3.8) is 0 Å². The number of hydrogen-bond acceptors (Lipinski definition) is 4. The van der Waals surface area contributed by atoms with Crippen molar-refractivity contribution < 1.29 is 4.79 Å². The van der Waals surface area contributed by atoms with Crippen molar-refractivity contribution in [1.82, 2.24) is 9.80 Å². The Balaban J connectivity index is 1.42. The number of hydrogen-bond donors (Lipinski definition) is 1. The number of benzene rings is 2. The van der Waals surface area contributed by atoms with Gasteiger partial charge in [0.15, 0.2) is 0 Å². The maximum absolute atomic E-state index is 12.4. The third-order valence-corrected chi connectivity index (χ3v) is 4.43. The van der Waals surface area contributed by atoms with E-state index in [-0.39, 0.29) is 12.5 Å².